The van der Waals surface area contributed by atoms with Crippen molar-refractivity contribution in [2.75, 3.05) is 0 Å². The molecule has 4 aromatic rings. The lowest BCUT2D eigenvalue weighted by Crippen LogP contribution is -2.74. The molecular formula is C44H22F34N2O2. The molecule has 0 aromatic heterocycles. The van der Waals surface area contributed by atoms with Crippen molar-refractivity contribution in [1.29, 1.82) is 0 Å². The van der Waals surface area contributed by atoms with Gasteiger partial charge in [-0.05, 0) is 47.5 Å². The summed E-state index contributed by atoms with van der Waals surface area (Å²) >= 11 is 0. The highest BCUT2D eigenvalue weighted by atomic mass is 19.4. The van der Waals surface area contributed by atoms with Gasteiger partial charge in [-0.15, -0.1) is 0 Å². The summed E-state index contributed by atoms with van der Waals surface area (Å²) in [4.78, 5) is 7.62. The molecule has 0 spiro atoms. The summed E-state index contributed by atoms with van der Waals surface area (Å²) in [6.45, 7) is 0. The first-order chi connectivity index (χ1) is 36.4. The number of hydrogen-bond donors (Lipinski definition) is 2. The Hall–Kier alpha value is -6.56. The maximum Gasteiger partial charge on any atom is 0.460 e. The molecule has 4 nitrogen and oxygen atoms in total. The molecule has 0 amide bonds. The van der Waals surface area contributed by atoms with Gasteiger partial charge in [-0.25, -0.2) is 0 Å². The summed E-state index contributed by atoms with van der Waals surface area (Å²) in [6.07, 6.45) is -16.0. The molecule has 0 saturated heterocycles. The minimum atomic E-state index is -8.99. The van der Waals surface area contributed by atoms with Crippen LogP contribution in [0.15, 0.2) is 107 Å². The Kier molecular flexibility index (Phi) is 17.1. The molecule has 0 saturated carbocycles. The number of aromatic hydroxyl groups is 2. The topological polar surface area (TPSA) is 65.2 Å². The Balaban J connectivity index is 1.88. The van der Waals surface area contributed by atoms with Crippen LogP contribution in [-0.2, 0) is 11.8 Å². The van der Waals surface area contributed by atoms with E-state index in [2.05, 4.69) is 9.98 Å². The highest BCUT2D eigenvalue weighted by Gasteiger charge is 2.97. The minimum Gasteiger partial charge on any atom is -0.507 e. The molecule has 38 heteroatoms. The van der Waals surface area contributed by atoms with E-state index in [4.69, 9.17) is 0 Å². The number of phenols is 2. The molecule has 82 heavy (non-hydrogen) atoms. The molecule has 2 atom stereocenters. The molecule has 4 rings (SSSR count). The van der Waals surface area contributed by atoms with Gasteiger partial charge in [0.1, 0.15) is 23.6 Å². The van der Waals surface area contributed by atoms with Crippen molar-refractivity contribution in [2.45, 2.75) is 107 Å². The standard InChI is InChI=1S/C44H22F34N2O2/c45-29(46,31(49,50)33(53,54)35(57,58)37(61,62)39(65,66)41(69,70)43(73,74)75)23-11-13-25(81)21(15-23)17-79-27(19-7-3-1-4-8-19)28(20-9-5-2-6-10-20)80-18-22-16-24(12-14-26(22)82)30(47,48)32(51,52)34(55,56)36(59,60)38(63,64)40(67,68)42(71,72)44(76,77)78/h1-18,27-28,81-82H/t27-,28-/m1/s1. The summed E-state index contributed by atoms with van der Waals surface area (Å²) in [5.41, 5.74) is -9.37. The third kappa shape index (κ3) is 10.1. The van der Waals surface area contributed by atoms with Gasteiger partial charge in [0, 0.05) is 34.7 Å². The van der Waals surface area contributed by atoms with Crippen molar-refractivity contribution < 1.29 is 159 Å². The second-order valence-corrected chi connectivity index (χ2v) is 16.9. The quantitative estimate of drug-likeness (QED) is 0.0645. The fraction of sp³-hybridized carbons (Fsp3) is 0.409. The fourth-order valence-electron chi connectivity index (χ4n) is 6.72. The maximum atomic E-state index is 15.4. The molecule has 0 unspecified atom stereocenters. The van der Waals surface area contributed by atoms with Crippen LogP contribution in [0.1, 0.15) is 45.5 Å². The zero-order valence-electron chi connectivity index (χ0n) is 38.2. The molecule has 458 valence electrons. The molecule has 0 aliphatic carbocycles. The SMILES string of the molecule is Oc1ccc(C(F)(F)C(F)(F)C(F)(F)C(F)(F)C(F)(F)C(F)(F)C(F)(F)C(F)(F)F)cc1C=N[C@H](c1ccccc1)[C@H](N=Cc1cc(C(F)(F)C(F)(F)C(F)(F)C(F)(F)C(F)(F)C(F)(F)C(F)(F)C(F)(F)F)ccc1O)c1ccccc1. The lowest BCUT2D eigenvalue weighted by Gasteiger charge is -2.42. The van der Waals surface area contributed by atoms with Gasteiger partial charge >= 0.3 is 95.3 Å². The molecule has 0 aliphatic rings. The monoisotopic (exact) mass is 1260 g/mol. The minimum absolute atomic E-state index is 0.0250. The summed E-state index contributed by atoms with van der Waals surface area (Å²) in [5.74, 6) is -122. The Labute approximate surface area is 431 Å². The van der Waals surface area contributed by atoms with Gasteiger partial charge in [0.15, 0.2) is 0 Å². The van der Waals surface area contributed by atoms with Crippen molar-refractivity contribution in [3.63, 3.8) is 0 Å². The van der Waals surface area contributed by atoms with Gasteiger partial charge in [0.2, 0.25) is 0 Å². The Morgan fingerprint density at radius 3 is 0.732 bits per heavy atom. The number of rotatable bonds is 21. The third-order valence-corrected chi connectivity index (χ3v) is 11.6. The van der Waals surface area contributed by atoms with E-state index < -0.39 is 165 Å². The van der Waals surface area contributed by atoms with Crippen molar-refractivity contribution in [2.24, 2.45) is 9.98 Å². The molecular weight excluding hydrogens is 1230 g/mol. The van der Waals surface area contributed by atoms with Crippen LogP contribution in [0.5, 0.6) is 11.5 Å². The van der Waals surface area contributed by atoms with Crippen molar-refractivity contribution in [3.05, 3.63) is 130 Å². The van der Waals surface area contributed by atoms with Crippen LogP contribution in [0.25, 0.3) is 0 Å². The second kappa shape index (κ2) is 20.6. The lowest BCUT2D eigenvalue weighted by molar-refractivity contribution is -0.462. The van der Waals surface area contributed by atoms with Crippen molar-refractivity contribution in [1.82, 2.24) is 0 Å². The Morgan fingerprint density at radius 1 is 0.280 bits per heavy atom. The Bertz CT molecular complexity index is 2770. The first-order valence-electron chi connectivity index (χ1n) is 20.7. The predicted octanol–water partition coefficient (Wildman–Crippen LogP) is 17.1. The van der Waals surface area contributed by atoms with Gasteiger partial charge in [-0.3, -0.25) is 9.98 Å². The molecule has 0 heterocycles. The summed E-state index contributed by atoms with van der Waals surface area (Å²) in [5, 5.41) is 20.8. The summed E-state index contributed by atoms with van der Waals surface area (Å²) < 4.78 is 477. The molecule has 2 N–H and O–H groups in total. The number of phenolic OH excluding ortho intramolecular Hbond substituents is 2. The summed E-state index contributed by atoms with van der Waals surface area (Å²) in [6, 6.07) is 3.78. The van der Waals surface area contributed by atoms with Crippen molar-refractivity contribution >= 4 is 12.4 Å². The number of aliphatic imine (C=N–C) groups is 2. The van der Waals surface area contributed by atoms with Crippen LogP contribution >= 0.6 is 0 Å². The molecule has 0 radical (unpaired) electrons. The largest absolute Gasteiger partial charge is 0.507 e. The van der Waals surface area contributed by atoms with Crippen LogP contribution in [0.2, 0.25) is 0 Å². The van der Waals surface area contributed by atoms with Gasteiger partial charge in [0.05, 0.1) is 0 Å². The number of nitrogens with zero attached hydrogens (tertiary/aromatic N) is 2. The normalized spacial score (nSPS) is 16.1. The highest BCUT2D eigenvalue weighted by molar-refractivity contribution is 5.85. The number of halogens is 34. The van der Waals surface area contributed by atoms with E-state index in [0.717, 1.165) is 48.5 Å². The van der Waals surface area contributed by atoms with E-state index in [1.807, 2.05) is 0 Å². The highest BCUT2D eigenvalue weighted by Crippen LogP contribution is 2.67. The first-order valence-corrected chi connectivity index (χ1v) is 20.7. The van der Waals surface area contributed by atoms with E-state index >= 15 is 17.6 Å². The maximum absolute atomic E-state index is 15.4. The fourth-order valence-corrected chi connectivity index (χ4v) is 6.72. The lowest BCUT2D eigenvalue weighted by atomic mass is 9.87. The van der Waals surface area contributed by atoms with E-state index in [1.54, 1.807) is 0 Å². The van der Waals surface area contributed by atoms with Crippen molar-refractivity contribution in [3.8, 4) is 11.5 Å². The smallest absolute Gasteiger partial charge is 0.460 e. The zero-order valence-corrected chi connectivity index (χ0v) is 38.2. The van der Waals surface area contributed by atoms with E-state index in [-0.39, 0.29) is 35.7 Å². The van der Waals surface area contributed by atoms with Crippen LogP contribution in [-0.4, -0.2) is 106 Å². The average Bonchev–Trinajstić information content (AvgIpc) is 1.05. The van der Waals surface area contributed by atoms with Gasteiger partial charge < -0.3 is 10.2 Å². The number of hydrogen-bond acceptors (Lipinski definition) is 4. The molecule has 0 fully saturated rings. The predicted molar refractivity (Wildman–Crippen MR) is 209 cm³/mol. The Morgan fingerprint density at radius 2 is 0.500 bits per heavy atom. The van der Waals surface area contributed by atoms with Crippen LogP contribution in [0, 0.1) is 0 Å². The second-order valence-electron chi connectivity index (χ2n) is 16.9. The first kappa shape index (κ1) is 67.9. The van der Waals surface area contributed by atoms with Gasteiger partial charge in [0.25, 0.3) is 0 Å². The van der Waals surface area contributed by atoms with E-state index in [0.29, 0.717) is 0 Å². The average molecular weight is 1260 g/mol. The van der Waals surface area contributed by atoms with E-state index in [9.17, 15) is 142 Å². The molecule has 4 aromatic carbocycles. The summed E-state index contributed by atoms with van der Waals surface area (Å²) in [7, 11) is 0. The molecule has 0 aliphatic heterocycles. The molecule has 0 bridgehead atoms. The van der Waals surface area contributed by atoms with Gasteiger partial charge in [-0.1, -0.05) is 60.7 Å². The number of benzene rings is 4. The van der Waals surface area contributed by atoms with Gasteiger partial charge in [-0.2, -0.15) is 149 Å². The van der Waals surface area contributed by atoms with Crippen LogP contribution in [0.3, 0.4) is 0 Å². The zero-order chi connectivity index (χ0) is 63.9. The third-order valence-electron chi connectivity index (χ3n) is 11.6. The van der Waals surface area contributed by atoms with E-state index in [1.165, 1.54) is 12.1 Å². The van der Waals surface area contributed by atoms with Crippen LogP contribution in [0.4, 0.5) is 149 Å². The number of alkyl halides is 34. The van der Waals surface area contributed by atoms with Crippen LogP contribution < -0.4 is 0 Å².